The Bertz CT molecular complexity index is 577. The van der Waals surface area contributed by atoms with Gasteiger partial charge in [-0.3, -0.25) is 0 Å². The van der Waals surface area contributed by atoms with Crippen molar-refractivity contribution in [3.8, 4) is 0 Å². The Balaban J connectivity index is 2.23. The molecule has 2 unspecified atom stereocenters. The molecule has 20 heavy (non-hydrogen) atoms. The van der Waals surface area contributed by atoms with E-state index in [-0.39, 0.29) is 5.92 Å². The van der Waals surface area contributed by atoms with Gasteiger partial charge in [-0.25, -0.2) is 13.1 Å². The summed E-state index contributed by atoms with van der Waals surface area (Å²) in [5, 5.41) is 0.728. The normalized spacial score (nSPS) is 23.8. The van der Waals surface area contributed by atoms with Crippen molar-refractivity contribution in [3.63, 3.8) is 0 Å². The summed E-state index contributed by atoms with van der Waals surface area (Å²) in [6, 6.07) is 5.22. The van der Waals surface area contributed by atoms with Crippen molar-refractivity contribution in [1.29, 1.82) is 0 Å². The van der Waals surface area contributed by atoms with Crippen molar-refractivity contribution in [1.82, 2.24) is 4.72 Å². The van der Waals surface area contributed by atoms with E-state index in [9.17, 15) is 8.42 Å². The first-order valence-electron chi connectivity index (χ1n) is 6.38. The lowest BCUT2D eigenvalue weighted by molar-refractivity contribution is 0.0571. The van der Waals surface area contributed by atoms with Gasteiger partial charge in [0.15, 0.2) is 0 Å². The third-order valence-corrected chi connectivity index (χ3v) is 6.17. The van der Waals surface area contributed by atoms with Crippen molar-refractivity contribution in [2.75, 3.05) is 20.3 Å². The van der Waals surface area contributed by atoms with Gasteiger partial charge in [0, 0.05) is 22.6 Å². The van der Waals surface area contributed by atoms with E-state index in [1.165, 1.54) is 7.05 Å². The molecule has 4 nitrogen and oxygen atoms in total. The summed E-state index contributed by atoms with van der Waals surface area (Å²) < 4.78 is 32.0. The molecule has 1 fully saturated rings. The molecule has 0 saturated carbocycles. The SMILES string of the molecule is CNS(=O)(=O)C1CCOCC1Cc1cc(Cl)ccc1Cl. The second-order valence-electron chi connectivity index (χ2n) is 4.85. The summed E-state index contributed by atoms with van der Waals surface area (Å²) in [5.74, 6) is -0.128. The molecule has 1 heterocycles. The van der Waals surface area contributed by atoms with E-state index in [0.717, 1.165) is 5.56 Å². The summed E-state index contributed by atoms with van der Waals surface area (Å²) in [6.45, 7) is 0.875. The number of sulfonamides is 1. The molecule has 7 heteroatoms. The molecule has 1 aliphatic rings. The smallest absolute Gasteiger partial charge is 0.214 e. The highest BCUT2D eigenvalue weighted by atomic mass is 35.5. The fraction of sp³-hybridized carbons (Fsp3) is 0.538. The minimum atomic E-state index is -3.32. The predicted octanol–water partition coefficient (Wildman–Crippen LogP) is 2.49. The van der Waals surface area contributed by atoms with E-state index in [1.807, 2.05) is 0 Å². The van der Waals surface area contributed by atoms with Crippen LogP contribution in [0, 0.1) is 5.92 Å². The molecule has 2 atom stereocenters. The maximum Gasteiger partial charge on any atom is 0.214 e. The molecule has 1 aromatic rings. The second kappa shape index (κ2) is 6.62. The second-order valence-corrected chi connectivity index (χ2v) is 7.80. The third kappa shape index (κ3) is 3.65. The summed E-state index contributed by atoms with van der Waals surface area (Å²) >= 11 is 12.1. The first-order valence-corrected chi connectivity index (χ1v) is 8.68. The van der Waals surface area contributed by atoms with Gasteiger partial charge in [-0.05, 0) is 43.7 Å². The van der Waals surface area contributed by atoms with Gasteiger partial charge < -0.3 is 4.74 Å². The van der Waals surface area contributed by atoms with Gasteiger partial charge >= 0.3 is 0 Å². The fourth-order valence-corrected chi connectivity index (χ4v) is 4.29. The molecule has 0 aromatic heterocycles. The van der Waals surface area contributed by atoms with Crippen molar-refractivity contribution in [2.24, 2.45) is 5.92 Å². The Morgan fingerprint density at radius 2 is 2.15 bits per heavy atom. The molecular weight excluding hydrogens is 321 g/mol. The lowest BCUT2D eigenvalue weighted by Gasteiger charge is -2.31. The van der Waals surface area contributed by atoms with E-state index < -0.39 is 15.3 Å². The summed E-state index contributed by atoms with van der Waals surface area (Å²) in [4.78, 5) is 0. The van der Waals surface area contributed by atoms with Crippen molar-refractivity contribution in [3.05, 3.63) is 33.8 Å². The van der Waals surface area contributed by atoms with Gasteiger partial charge in [0.05, 0.1) is 11.9 Å². The molecule has 112 valence electrons. The number of benzene rings is 1. The number of rotatable bonds is 4. The van der Waals surface area contributed by atoms with Gasteiger partial charge in [-0.1, -0.05) is 23.2 Å². The molecule has 0 aliphatic carbocycles. The van der Waals surface area contributed by atoms with Gasteiger partial charge in [0.2, 0.25) is 10.0 Å². The Kier molecular flexibility index (Phi) is 5.31. The van der Waals surface area contributed by atoms with E-state index in [4.69, 9.17) is 27.9 Å². The molecule has 0 radical (unpaired) electrons. The van der Waals surface area contributed by atoms with Gasteiger partial charge in [0.25, 0.3) is 0 Å². The monoisotopic (exact) mass is 337 g/mol. The average molecular weight is 338 g/mol. The predicted molar refractivity (Wildman–Crippen MR) is 80.9 cm³/mol. The van der Waals surface area contributed by atoms with Crippen LogP contribution in [-0.4, -0.2) is 33.9 Å². The summed E-state index contributed by atoms with van der Waals surface area (Å²) in [7, 11) is -1.88. The van der Waals surface area contributed by atoms with Gasteiger partial charge in [-0.15, -0.1) is 0 Å². The quantitative estimate of drug-likeness (QED) is 0.918. The van der Waals surface area contributed by atoms with Crippen LogP contribution in [-0.2, 0) is 21.2 Å². The fourth-order valence-electron chi connectivity index (χ4n) is 2.51. The van der Waals surface area contributed by atoms with Gasteiger partial charge in [0.1, 0.15) is 0 Å². The number of nitrogens with one attached hydrogen (secondary N) is 1. The molecule has 0 amide bonds. The Morgan fingerprint density at radius 3 is 2.85 bits per heavy atom. The standard InChI is InChI=1S/C13H17Cl2NO3S/c1-16-20(17,18)13-4-5-19-8-10(13)6-9-7-11(14)2-3-12(9)15/h2-3,7,10,13,16H,4-6,8H2,1H3. The average Bonchev–Trinajstić information content (AvgIpc) is 2.43. The maximum absolute atomic E-state index is 12.1. The topological polar surface area (TPSA) is 55.4 Å². The highest BCUT2D eigenvalue weighted by molar-refractivity contribution is 7.90. The van der Waals surface area contributed by atoms with Crippen molar-refractivity contribution >= 4 is 33.2 Å². The van der Waals surface area contributed by atoms with Crippen LogP contribution in [0.3, 0.4) is 0 Å². The van der Waals surface area contributed by atoms with E-state index in [1.54, 1.807) is 18.2 Å². The maximum atomic E-state index is 12.1. The first-order chi connectivity index (χ1) is 9.44. The van der Waals surface area contributed by atoms with Crippen molar-refractivity contribution in [2.45, 2.75) is 18.1 Å². The number of hydrogen-bond donors (Lipinski definition) is 1. The zero-order chi connectivity index (χ0) is 14.8. The number of hydrogen-bond acceptors (Lipinski definition) is 3. The van der Waals surface area contributed by atoms with Crippen LogP contribution in [0.5, 0.6) is 0 Å². The molecule has 1 aliphatic heterocycles. The van der Waals surface area contributed by atoms with Crippen LogP contribution >= 0.6 is 23.2 Å². The van der Waals surface area contributed by atoms with Gasteiger partial charge in [-0.2, -0.15) is 0 Å². The van der Waals surface area contributed by atoms with Crippen molar-refractivity contribution < 1.29 is 13.2 Å². The third-order valence-electron chi connectivity index (χ3n) is 3.58. The molecule has 1 N–H and O–H groups in total. The van der Waals surface area contributed by atoms with Crippen LogP contribution < -0.4 is 4.72 Å². The number of halogens is 2. The highest BCUT2D eigenvalue weighted by Gasteiger charge is 2.35. The zero-order valence-corrected chi connectivity index (χ0v) is 13.4. The Hall–Kier alpha value is -0.330. The lowest BCUT2D eigenvalue weighted by Crippen LogP contribution is -2.43. The first kappa shape index (κ1) is 16.0. The molecule has 0 spiro atoms. The number of ether oxygens (including phenoxy) is 1. The summed E-state index contributed by atoms with van der Waals surface area (Å²) in [6.07, 6.45) is 1.02. The molecule has 1 aromatic carbocycles. The Labute approximate surface area is 129 Å². The summed E-state index contributed by atoms with van der Waals surface area (Å²) in [5.41, 5.74) is 0.853. The van der Waals surface area contributed by atoms with Crippen LogP contribution in [0.1, 0.15) is 12.0 Å². The van der Waals surface area contributed by atoms with E-state index in [0.29, 0.717) is 36.1 Å². The lowest BCUT2D eigenvalue weighted by atomic mass is 9.93. The minimum Gasteiger partial charge on any atom is -0.381 e. The minimum absolute atomic E-state index is 0.128. The van der Waals surface area contributed by atoms with E-state index >= 15 is 0 Å². The zero-order valence-electron chi connectivity index (χ0n) is 11.1. The highest BCUT2D eigenvalue weighted by Crippen LogP contribution is 2.29. The van der Waals surface area contributed by atoms with Crippen LogP contribution in [0.4, 0.5) is 0 Å². The molecule has 2 rings (SSSR count). The molecule has 1 saturated heterocycles. The molecular formula is C13H17Cl2NO3S. The van der Waals surface area contributed by atoms with E-state index in [2.05, 4.69) is 4.72 Å². The van der Waals surface area contributed by atoms with Crippen LogP contribution in [0.25, 0.3) is 0 Å². The van der Waals surface area contributed by atoms with Crippen LogP contribution in [0.15, 0.2) is 18.2 Å². The molecule has 0 bridgehead atoms. The largest absolute Gasteiger partial charge is 0.381 e. The van der Waals surface area contributed by atoms with Crippen LogP contribution in [0.2, 0.25) is 10.0 Å². The Morgan fingerprint density at radius 1 is 1.40 bits per heavy atom.